The number of carboxylic acids is 1. The van der Waals surface area contributed by atoms with E-state index in [9.17, 15) is 14.7 Å². The number of carbonyl (C=O) groups is 2. The summed E-state index contributed by atoms with van der Waals surface area (Å²) in [5.74, 6) is -1.01. The van der Waals surface area contributed by atoms with Crippen molar-refractivity contribution in [3.8, 4) is 5.75 Å². The molecule has 0 unspecified atom stereocenters. The number of hydrogen-bond acceptors (Lipinski definition) is 3. The summed E-state index contributed by atoms with van der Waals surface area (Å²) < 4.78 is 5.57. The zero-order valence-electron chi connectivity index (χ0n) is 13.3. The Balaban J connectivity index is 2.02. The van der Waals surface area contributed by atoms with Crippen LogP contribution in [0.2, 0.25) is 0 Å². The minimum Gasteiger partial charge on any atom is -0.483 e. The van der Waals surface area contributed by atoms with Crippen molar-refractivity contribution in [3.05, 3.63) is 42.5 Å². The molecule has 2 atom stereocenters. The van der Waals surface area contributed by atoms with Crippen LogP contribution in [0.1, 0.15) is 20.3 Å². The normalized spacial score (nSPS) is 13.3. The van der Waals surface area contributed by atoms with E-state index in [1.54, 1.807) is 13.0 Å². The van der Waals surface area contributed by atoms with Crippen molar-refractivity contribution in [1.82, 2.24) is 5.32 Å². The first-order chi connectivity index (χ1) is 11.0. The van der Waals surface area contributed by atoms with Gasteiger partial charge in [-0.3, -0.25) is 4.79 Å². The van der Waals surface area contributed by atoms with Crippen LogP contribution >= 0.6 is 0 Å². The van der Waals surface area contributed by atoms with Crippen molar-refractivity contribution in [3.63, 3.8) is 0 Å². The predicted octanol–water partition coefficient (Wildman–Crippen LogP) is 2.83. The molecule has 0 aliphatic carbocycles. The van der Waals surface area contributed by atoms with Crippen LogP contribution in [0.3, 0.4) is 0 Å². The fourth-order valence-corrected chi connectivity index (χ4v) is 2.36. The van der Waals surface area contributed by atoms with E-state index in [2.05, 4.69) is 5.32 Å². The van der Waals surface area contributed by atoms with Gasteiger partial charge in [0, 0.05) is 5.39 Å². The number of carboxylic acid groups (broad SMARTS) is 1. The number of rotatable bonds is 7. The number of carbonyl (C=O) groups excluding carboxylic acids is 1. The molecule has 2 aromatic rings. The standard InChI is InChI=1S/C18H21NO4/c1-3-12(2)17(18(21)22)19-16(20)11-23-15-10-6-8-13-7-4-5-9-14(13)15/h4-10,12,17H,3,11H2,1-2H3,(H,19,20)(H,21,22)/t12-,17-/m0/s1. The zero-order valence-corrected chi connectivity index (χ0v) is 13.3. The van der Waals surface area contributed by atoms with E-state index < -0.39 is 17.9 Å². The van der Waals surface area contributed by atoms with Crippen molar-refractivity contribution in [2.24, 2.45) is 5.92 Å². The first kappa shape index (κ1) is 16.8. The topological polar surface area (TPSA) is 75.6 Å². The molecule has 0 fully saturated rings. The second kappa shape index (κ2) is 7.63. The third-order valence-electron chi connectivity index (χ3n) is 3.90. The van der Waals surface area contributed by atoms with E-state index >= 15 is 0 Å². The van der Waals surface area contributed by atoms with Crippen LogP contribution in [0.15, 0.2) is 42.5 Å². The van der Waals surface area contributed by atoms with E-state index in [0.29, 0.717) is 12.2 Å². The van der Waals surface area contributed by atoms with E-state index in [1.165, 1.54) is 0 Å². The third-order valence-corrected chi connectivity index (χ3v) is 3.90. The molecule has 0 saturated carbocycles. The smallest absolute Gasteiger partial charge is 0.326 e. The molecule has 0 aromatic heterocycles. The lowest BCUT2D eigenvalue weighted by Gasteiger charge is -2.20. The van der Waals surface area contributed by atoms with Crippen LogP contribution < -0.4 is 10.1 Å². The predicted molar refractivity (Wildman–Crippen MR) is 88.5 cm³/mol. The Bertz CT molecular complexity index is 693. The van der Waals surface area contributed by atoms with Crippen molar-refractivity contribution >= 4 is 22.6 Å². The minimum atomic E-state index is -1.03. The summed E-state index contributed by atoms with van der Waals surface area (Å²) >= 11 is 0. The second-order valence-electron chi connectivity index (χ2n) is 5.53. The van der Waals surface area contributed by atoms with Crippen molar-refractivity contribution in [1.29, 1.82) is 0 Å². The molecule has 0 radical (unpaired) electrons. The molecule has 0 aliphatic rings. The van der Waals surface area contributed by atoms with Gasteiger partial charge in [0.15, 0.2) is 6.61 Å². The Kier molecular flexibility index (Phi) is 5.57. The largest absolute Gasteiger partial charge is 0.483 e. The van der Waals surface area contributed by atoms with Gasteiger partial charge in [-0.25, -0.2) is 4.79 Å². The van der Waals surface area contributed by atoms with E-state index in [1.807, 2.05) is 43.3 Å². The maximum Gasteiger partial charge on any atom is 0.326 e. The average molecular weight is 315 g/mol. The summed E-state index contributed by atoms with van der Waals surface area (Å²) in [7, 11) is 0. The molecule has 2 N–H and O–H groups in total. The molecule has 5 heteroatoms. The number of amides is 1. The molecule has 2 aromatic carbocycles. The van der Waals surface area contributed by atoms with Crippen molar-refractivity contribution in [2.45, 2.75) is 26.3 Å². The van der Waals surface area contributed by atoms with E-state index in [4.69, 9.17) is 4.74 Å². The lowest BCUT2D eigenvalue weighted by atomic mass is 9.99. The molecule has 23 heavy (non-hydrogen) atoms. The van der Waals surface area contributed by atoms with Crippen LogP contribution in [0.4, 0.5) is 0 Å². The molecule has 0 bridgehead atoms. The van der Waals surface area contributed by atoms with Gasteiger partial charge in [0.2, 0.25) is 0 Å². The van der Waals surface area contributed by atoms with Gasteiger partial charge < -0.3 is 15.2 Å². The Morgan fingerprint density at radius 1 is 1.17 bits per heavy atom. The Morgan fingerprint density at radius 2 is 1.87 bits per heavy atom. The van der Waals surface area contributed by atoms with Crippen LogP contribution in [-0.4, -0.2) is 29.6 Å². The molecule has 0 saturated heterocycles. The fourth-order valence-electron chi connectivity index (χ4n) is 2.36. The number of aliphatic carboxylic acids is 1. The molecule has 122 valence electrons. The molecule has 1 amide bonds. The maximum absolute atomic E-state index is 12.0. The van der Waals surface area contributed by atoms with Crippen LogP contribution in [0, 0.1) is 5.92 Å². The lowest BCUT2D eigenvalue weighted by Crippen LogP contribution is -2.46. The lowest BCUT2D eigenvalue weighted by molar-refractivity contribution is -0.143. The third kappa shape index (κ3) is 4.22. The fraction of sp³-hybridized carbons (Fsp3) is 0.333. The quantitative estimate of drug-likeness (QED) is 0.824. The number of fused-ring (bicyclic) bond motifs is 1. The number of benzene rings is 2. The Morgan fingerprint density at radius 3 is 2.57 bits per heavy atom. The van der Waals surface area contributed by atoms with Gasteiger partial charge in [0.25, 0.3) is 5.91 Å². The zero-order chi connectivity index (χ0) is 16.8. The Hall–Kier alpha value is -2.56. The van der Waals surface area contributed by atoms with E-state index in [-0.39, 0.29) is 12.5 Å². The van der Waals surface area contributed by atoms with Gasteiger partial charge in [-0.15, -0.1) is 0 Å². The average Bonchev–Trinajstić information content (AvgIpc) is 2.56. The molecule has 2 rings (SSSR count). The highest BCUT2D eigenvalue weighted by molar-refractivity contribution is 5.89. The summed E-state index contributed by atoms with van der Waals surface area (Å²) in [4.78, 5) is 23.2. The van der Waals surface area contributed by atoms with Gasteiger partial charge in [0.05, 0.1) is 0 Å². The van der Waals surface area contributed by atoms with Gasteiger partial charge in [-0.2, -0.15) is 0 Å². The molecule has 0 spiro atoms. The number of nitrogens with one attached hydrogen (secondary N) is 1. The molecule has 0 aliphatic heterocycles. The highest BCUT2D eigenvalue weighted by atomic mass is 16.5. The van der Waals surface area contributed by atoms with Gasteiger partial charge >= 0.3 is 5.97 Å². The molecule has 0 heterocycles. The van der Waals surface area contributed by atoms with Crippen LogP contribution in [-0.2, 0) is 9.59 Å². The summed E-state index contributed by atoms with van der Waals surface area (Å²) in [6, 6.07) is 12.4. The summed E-state index contributed by atoms with van der Waals surface area (Å²) in [5, 5.41) is 13.7. The monoisotopic (exact) mass is 315 g/mol. The van der Waals surface area contributed by atoms with Gasteiger partial charge in [0.1, 0.15) is 11.8 Å². The highest BCUT2D eigenvalue weighted by Crippen LogP contribution is 2.24. The van der Waals surface area contributed by atoms with Gasteiger partial charge in [-0.05, 0) is 17.4 Å². The van der Waals surface area contributed by atoms with Crippen molar-refractivity contribution < 1.29 is 19.4 Å². The van der Waals surface area contributed by atoms with Crippen LogP contribution in [0.25, 0.3) is 10.8 Å². The first-order valence-electron chi connectivity index (χ1n) is 7.65. The Labute approximate surface area is 135 Å². The van der Waals surface area contributed by atoms with Gasteiger partial charge in [-0.1, -0.05) is 56.7 Å². The SMILES string of the molecule is CC[C@H](C)[C@H](NC(=O)COc1cccc2ccccc12)C(=O)O. The number of hydrogen-bond donors (Lipinski definition) is 2. The summed E-state index contributed by atoms with van der Waals surface area (Å²) in [5.41, 5.74) is 0. The minimum absolute atomic E-state index is 0.144. The first-order valence-corrected chi connectivity index (χ1v) is 7.65. The molecular formula is C18H21NO4. The number of ether oxygens (including phenoxy) is 1. The van der Waals surface area contributed by atoms with Crippen molar-refractivity contribution in [2.75, 3.05) is 6.61 Å². The highest BCUT2D eigenvalue weighted by Gasteiger charge is 2.25. The molecule has 5 nitrogen and oxygen atoms in total. The summed E-state index contributed by atoms with van der Waals surface area (Å²) in [6.07, 6.45) is 0.668. The second-order valence-corrected chi connectivity index (χ2v) is 5.53. The summed E-state index contributed by atoms with van der Waals surface area (Å²) in [6.45, 7) is 3.47. The van der Waals surface area contributed by atoms with E-state index in [0.717, 1.165) is 10.8 Å². The van der Waals surface area contributed by atoms with Crippen LogP contribution in [0.5, 0.6) is 5.75 Å². The maximum atomic E-state index is 12.0. The molecular weight excluding hydrogens is 294 g/mol.